The van der Waals surface area contributed by atoms with Gasteiger partial charge in [0.05, 0.1) is 8.07 Å². The van der Waals surface area contributed by atoms with Gasteiger partial charge >= 0.3 is 0 Å². The second kappa shape index (κ2) is 5.49. The predicted molar refractivity (Wildman–Crippen MR) is 76.6 cm³/mol. The predicted octanol–water partition coefficient (Wildman–Crippen LogP) is 5.00. The zero-order valence-electron chi connectivity index (χ0n) is 11.2. The molecule has 0 aromatic heterocycles. The SMILES string of the molecule is C/C=C(\CC(C)c1ccccc1)[Si](C)(C)C. The van der Waals surface area contributed by atoms with Crippen LogP contribution in [0.3, 0.4) is 0 Å². The van der Waals surface area contributed by atoms with Crippen molar-refractivity contribution in [2.24, 2.45) is 0 Å². The van der Waals surface area contributed by atoms with E-state index in [4.69, 9.17) is 0 Å². The molecule has 16 heavy (non-hydrogen) atoms. The minimum Gasteiger partial charge on any atom is -0.0923 e. The average molecular weight is 232 g/mol. The molecule has 0 spiro atoms. The second-order valence-corrected chi connectivity index (χ2v) is 10.7. The lowest BCUT2D eigenvalue weighted by Gasteiger charge is -2.24. The van der Waals surface area contributed by atoms with Gasteiger partial charge in [0.1, 0.15) is 0 Å². The van der Waals surface area contributed by atoms with Crippen molar-refractivity contribution in [2.45, 2.75) is 45.8 Å². The van der Waals surface area contributed by atoms with Crippen LogP contribution in [0.5, 0.6) is 0 Å². The minimum absolute atomic E-state index is 0.638. The fourth-order valence-corrected chi connectivity index (χ4v) is 3.87. The quantitative estimate of drug-likeness (QED) is 0.641. The maximum Gasteiger partial charge on any atom is 0.0720 e. The van der Waals surface area contributed by atoms with Gasteiger partial charge < -0.3 is 0 Å². The summed E-state index contributed by atoms with van der Waals surface area (Å²) in [6, 6.07) is 10.8. The van der Waals surface area contributed by atoms with Gasteiger partial charge in [-0.1, -0.05) is 68.2 Å². The van der Waals surface area contributed by atoms with Gasteiger partial charge in [-0.3, -0.25) is 0 Å². The molecule has 0 heterocycles. The molecule has 1 heteroatoms. The fourth-order valence-electron chi connectivity index (χ4n) is 2.09. The van der Waals surface area contributed by atoms with E-state index in [9.17, 15) is 0 Å². The summed E-state index contributed by atoms with van der Waals surface area (Å²) in [5, 5.41) is 1.68. The minimum atomic E-state index is -1.12. The van der Waals surface area contributed by atoms with E-state index in [0.29, 0.717) is 5.92 Å². The van der Waals surface area contributed by atoms with E-state index < -0.39 is 8.07 Å². The van der Waals surface area contributed by atoms with Gasteiger partial charge in [-0.25, -0.2) is 0 Å². The first-order valence-corrected chi connectivity index (χ1v) is 9.65. The highest BCUT2D eigenvalue weighted by molar-refractivity contribution is 6.83. The van der Waals surface area contributed by atoms with Gasteiger partial charge in [-0.2, -0.15) is 0 Å². The van der Waals surface area contributed by atoms with Crippen LogP contribution in [0.2, 0.25) is 19.6 Å². The maximum absolute atomic E-state index is 2.43. The Bertz CT molecular complexity index is 343. The summed E-state index contributed by atoms with van der Waals surface area (Å²) in [7, 11) is -1.12. The Hall–Kier alpha value is -0.823. The molecular weight excluding hydrogens is 208 g/mol. The number of hydrogen-bond donors (Lipinski definition) is 0. The molecule has 0 radical (unpaired) electrons. The second-order valence-electron chi connectivity index (χ2n) is 5.58. The van der Waals surface area contributed by atoms with E-state index in [-0.39, 0.29) is 0 Å². The zero-order chi connectivity index (χ0) is 12.2. The first kappa shape index (κ1) is 13.2. The van der Waals surface area contributed by atoms with Crippen LogP contribution in [-0.2, 0) is 0 Å². The molecule has 0 saturated carbocycles. The van der Waals surface area contributed by atoms with Crippen LogP contribution >= 0.6 is 0 Å². The number of allylic oxidation sites excluding steroid dienone is 2. The topological polar surface area (TPSA) is 0 Å². The van der Waals surface area contributed by atoms with Crippen LogP contribution in [0.4, 0.5) is 0 Å². The highest BCUT2D eigenvalue weighted by Gasteiger charge is 2.20. The van der Waals surface area contributed by atoms with Crippen molar-refractivity contribution in [3.05, 3.63) is 47.2 Å². The molecule has 0 N–H and O–H groups in total. The maximum atomic E-state index is 2.43. The molecule has 0 aliphatic heterocycles. The molecule has 0 nitrogen and oxygen atoms in total. The Kier molecular flexibility index (Phi) is 4.54. The van der Waals surface area contributed by atoms with Crippen molar-refractivity contribution in [1.82, 2.24) is 0 Å². The fraction of sp³-hybridized carbons (Fsp3) is 0.467. The van der Waals surface area contributed by atoms with Gasteiger partial charge in [-0.15, -0.1) is 0 Å². The monoisotopic (exact) mass is 232 g/mol. The average Bonchev–Trinajstić information content (AvgIpc) is 2.25. The summed E-state index contributed by atoms with van der Waals surface area (Å²) in [6.45, 7) is 11.8. The lowest BCUT2D eigenvalue weighted by Crippen LogP contribution is -2.24. The van der Waals surface area contributed by atoms with Crippen molar-refractivity contribution in [1.29, 1.82) is 0 Å². The van der Waals surface area contributed by atoms with Crippen LogP contribution in [-0.4, -0.2) is 8.07 Å². The molecule has 1 aromatic carbocycles. The van der Waals surface area contributed by atoms with Crippen LogP contribution < -0.4 is 0 Å². The Morgan fingerprint density at radius 3 is 2.19 bits per heavy atom. The van der Waals surface area contributed by atoms with Gasteiger partial charge in [-0.05, 0) is 24.8 Å². The molecule has 0 aliphatic carbocycles. The van der Waals surface area contributed by atoms with Gasteiger partial charge in [0.2, 0.25) is 0 Å². The molecule has 0 fully saturated rings. The van der Waals surface area contributed by atoms with Crippen molar-refractivity contribution >= 4 is 8.07 Å². The molecule has 1 rings (SSSR count). The summed E-state index contributed by atoms with van der Waals surface area (Å²) in [4.78, 5) is 0. The molecule has 1 unspecified atom stereocenters. The third-order valence-corrected chi connectivity index (χ3v) is 5.63. The zero-order valence-corrected chi connectivity index (χ0v) is 12.2. The molecule has 0 saturated heterocycles. The van der Waals surface area contributed by atoms with E-state index >= 15 is 0 Å². The Labute approximate surface area is 101 Å². The first-order valence-electron chi connectivity index (χ1n) is 6.15. The third-order valence-electron chi connectivity index (χ3n) is 3.21. The van der Waals surface area contributed by atoms with Crippen LogP contribution in [0.25, 0.3) is 0 Å². The number of benzene rings is 1. The summed E-state index contributed by atoms with van der Waals surface area (Å²) in [5.74, 6) is 0.638. The largest absolute Gasteiger partial charge is 0.0923 e. The summed E-state index contributed by atoms with van der Waals surface area (Å²) in [6.07, 6.45) is 3.56. The lowest BCUT2D eigenvalue weighted by molar-refractivity contribution is 0.767. The Balaban J connectivity index is 2.75. The van der Waals surface area contributed by atoms with Crippen LogP contribution in [0.15, 0.2) is 41.6 Å². The first-order chi connectivity index (χ1) is 7.45. The van der Waals surface area contributed by atoms with E-state index in [2.05, 4.69) is 69.9 Å². The molecular formula is C15H24Si. The lowest BCUT2D eigenvalue weighted by atomic mass is 9.98. The van der Waals surface area contributed by atoms with Gasteiger partial charge in [0.25, 0.3) is 0 Å². The van der Waals surface area contributed by atoms with E-state index in [1.807, 2.05) is 0 Å². The van der Waals surface area contributed by atoms with Gasteiger partial charge in [0.15, 0.2) is 0 Å². The number of rotatable bonds is 4. The molecule has 0 amide bonds. The van der Waals surface area contributed by atoms with Gasteiger partial charge in [0, 0.05) is 0 Å². The van der Waals surface area contributed by atoms with Crippen molar-refractivity contribution < 1.29 is 0 Å². The standard InChI is InChI=1S/C15H24Si/c1-6-15(16(3,4)5)12-13(2)14-10-8-7-9-11-14/h6-11,13H,12H2,1-5H3/b15-6+. The molecule has 0 aliphatic rings. The van der Waals surface area contributed by atoms with Crippen molar-refractivity contribution in [3.8, 4) is 0 Å². The molecule has 0 bridgehead atoms. The van der Waals surface area contributed by atoms with E-state index in [1.54, 1.807) is 5.20 Å². The Morgan fingerprint density at radius 1 is 1.19 bits per heavy atom. The molecule has 1 atom stereocenters. The van der Waals surface area contributed by atoms with Crippen molar-refractivity contribution in [3.63, 3.8) is 0 Å². The van der Waals surface area contributed by atoms with E-state index in [1.165, 1.54) is 12.0 Å². The highest BCUT2D eigenvalue weighted by atomic mass is 28.3. The Morgan fingerprint density at radius 2 is 1.75 bits per heavy atom. The summed E-state index contributed by atoms with van der Waals surface area (Å²) in [5.41, 5.74) is 1.46. The van der Waals surface area contributed by atoms with Crippen molar-refractivity contribution in [2.75, 3.05) is 0 Å². The highest BCUT2D eigenvalue weighted by Crippen LogP contribution is 2.28. The van der Waals surface area contributed by atoms with E-state index in [0.717, 1.165) is 0 Å². The molecule has 1 aromatic rings. The smallest absolute Gasteiger partial charge is 0.0720 e. The third kappa shape index (κ3) is 3.64. The normalized spacial score (nSPS) is 14.9. The van der Waals surface area contributed by atoms with Crippen LogP contribution in [0, 0.1) is 0 Å². The number of hydrogen-bond acceptors (Lipinski definition) is 0. The van der Waals surface area contributed by atoms with Crippen LogP contribution in [0.1, 0.15) is 31.7 Å². The summed E-state index contributed by atoms with van der Waals surface area (Å²) >= 11 is 0. The molecule has 88 valence electrons. The summed E-state index contributed by atoms with van der Waals surface area (Å²) < 4.78 is 0.